The summed E-state index contributed by atoms with van der Waals surface area (Å²) < 4.78 is 34.9. The predicted molar refractivity (Wildman–Crippen MR) is 92.5 cm³/mol. The molecule has 0 aliphatic carbocycles. The van der Waals surface area contributed by atoms with Gasteiger partial charge in [0.25, 0.3) is 0 Å². The molecule has 6 nitrogen and oxygen atoms in total. The molecule has 4 rings (SSSR count). The van der Waals surface area contributed by atoms with Gasteiger partial charge in [-0.2, -0.15) is 0 Å². The second-order valence-electron chi connectivity index (χ2n) is 5.61. The first kappa shape index (κ1) is 16.7. The van der Waals surface area contributed by atoms with Crippen LogP contribution in [0.1, 0.15) is 10.4 Å². The van der Waals surface area contributed by atoms with Gasteiger partial charge in [-0.3, -0.25) is 0 Å². The lowest BCUT2D eigenvalue weighted by Crippen LogP contribution is -2.03. The van der Waals surface area contributed by atoms with Crippen molar-refractivity contribution in [1.29, 1.82) is 0 Å². The SMILES string of the molecule is O=C(O)c1c(Oc2ccc(F)cc2)cccc1Oc1ccc2c(c1)OCO2. The second kappa shape index (κ2) is 6.87. The van der Waals surface area contributed by atoms with Gasteiger partial charge < -0.3 is 24.1 Å². The number of carbonyl (C=O) groups is 1. The molecule has 27 heavy (non-hydrogen) atoms. The number of fused-ring (bicyclic) bond motifs is 1. The van der Waals surface area contributed by atoms with E-state index in [4.69, 9.17) is 18.9 Å². The summed E-state index contributed by atoms with van der Waals surface area (Å²) in [5.41, 5.74) is -0.153. The maximum absolute atomic E-state index is 13.0. The fourth-order valence-corrected chi connectivity index (χ4v) is 2.59. The highest BCUT2D eigenvalue weighted by Crippen LogP contribution is 2.39. The average molecular weight is 368 g/mol. The summed E-state index contributed by atoms with van der Waals surface area (Å²) in [6.45, 7) is 0.125. The topological polar surface area (TPSA) is 74.2 Å². The number of hydrogen-bond acceptors (Lipinski definition) is 5. The third-order valence-electron chi connectivity index (χ3n) is 3.82. The number of benzene rings is 3. The van der Waals surface area contributed by atoms with Crippen LogP contribution in [0.3, 0.4) is 0 Å². The molecule has 0 fully saturated rings. The standard InChI is InChI=1S/C20H13FO6/c21-12-4-6-13(7-5-12)26-16-2-1-3-17(19(16)20(22)23)27-14-8-9-15-18(10-14)25-11-24-15/h1-10H,11H2,(H,22,23). The molecule has 0 saturated carbocycles. The summed E-state index contributed by atoms with van der Waals surface area (Å²) in [6.07, 6.45) is 0. The van der Waals surface area contributed by atoms with Gasteiger partial charge in [0.2, 0.25) is 6.79 Å². The Morgan fingerprint density at radius 2 is 1.52 bits per heavy atom. The number of carboxylic acids is 1. The molecule has 0 amide bonds. The van der Waals surface area contributed by atoms with E-state index in [2.05, 4.69) is 0 Å². The Balaban J connectivity index is 1.66. The van der Waals surface area contributed by atoms with Crippen LogP contribution in [0.5, 0.6) is 34.5 Å². The van der Waals surface area contributed by atoms with E-state index in [1.165, 1.54) is 36.4 Å². The molecule has 0 radical (unpaired) electrons. The number of halogens is 1. The number of hydrogen-bond donors (Lipinski definition) is 1. The zero-order chi connectivity index (χ0) is 18.8. The van der Waals surface area contributed by atoms with Crippen LogP contribution in [0.2, 0.25) is 0 Å². The highest BCUT2D eigenvalue weighted by Gasteiger charge is 2.20. The largest absolute Gasteiger partial charge is 0.477 e. The number of carboxylic acid groups (broad SMARTS) is 1. The molecule has 3 aromatic carbocycles. The van der Waals surface area contributed by atoms with Crippen molar-refractivity contribution in [2.75, 3.05) is 6.79 Å². The van der Waals surface area contributed by atoms with Crippen LogP contribution in [0.15, 0.2) is 60.7 Å². The van der Waals surface area contributed by atoms with E-state index >= 15 is 0 Å². The van der Waals surface area contributed by atoms with Gasteiger partial charge in [-0.1, -0.05) is 6.07 Å². The molecule has 3 aromatic rings. The van der Waals surface area contributed by atoms with Crippen LogP contribution in [0, 0.1) is 5.82 Å². The molecule has 1 aliphatic heterocycles. The molecule has 0 unspecified atom stereocenters. The normalized spacial score (nSPS) is 11.9. The van der Waals surface area contributed by atoms with Crippen molar-refractivity contribution in [3.8, 4) is 34.5 Å². The maximum atomic E-state index is 13.0. The van der Waals surface area contributed by atoms with Crippen LogP contribution < -0.4 is 18.9 Å². The van der Waals surface area contributed by atoms with E-state index < -0.39 is 11.8 Å². The maximum Gasteiger partial charge on any atom is 0.343 e. The first-order valence-corrected chi connectivity index (χ1v) is 7.97. The van der Waals surface area contributed by atoms with E-state index in [0.717, 1.165) is 0 Å². The zero-order valence-corrected chi connectivity index (χ0v) is 13.8. The third-order valence-corrected chi connectivity index (χ3v) is 3.82. The molecule has 7 heteroatoms. The molecule has 0 spiro atoms. The van der Waals surface area contributed by atoms with Crippen LogP contribution in [-0.2, 0) is 0 Å². The van der Waals surface area contributed by atoms with Crippen LogP contribution in [-0.4, -0.2) is 17.9 Å². The lowest BCUT2D eigenvalue weighted by Gasteiger charge is -2.13. The van der Waals surface area contributed by atoms with Gasteiger partial charge in [0, 0.05) is 6.07 Å². The van der Waals surface area contributed by atoms with Gasteiger partial charge in [0.1, 0.15) is 34.4 Å². The summed E-state index contributed by atoms with van der Waals surface area (Å²) in [5.74, 6) is 0.342. The van der Waals surface area contributed by atoms with Crippen molar-refractivity contribution in [2.45, 2.75) is 0 Å². The van der Waals surface area contributed by atoms with E-state index in [1.54, 1.807) is 24.3 Å². The molecule has 0 aromatic heterocycles. The Hall–Kier alpha value is -3.74. The Bertz CT molecular complexity index is 1000. The minimum absolute atomic E-state index is 0.0763. The van der Waals surface area contributed by atoms with E-state index in [1.807, 2.05) is 0 Å². The Morgan fingerprint density at radius 1 is 0.889 bits per heavy atom. The van der Waals surface area contributed by atoms with Crippen molar-refractivity contribution < 1.29 is 33.2 Å². The van der Waals surface area contributed by atoms with Gasteiger partial charge >= 0.3 is 5.97 Å². The number of aromatic carboxylic acids is 1. The first-order chi connectivity index (χ1) is 13.1. The van der Waals surface area contributed by atoms with Crippen molar-refractivity contribution in [1.82, 2.24) is 0 Å². The minimum Gasteiger partial charge on any atom is -0.477 e. The Labute approximate surface area is 153 Å². The minimum atomic E-state index is -1.22. The predicted octanol–water partition coefficient (Wildman–Crippen LogP) is 4.84. The smallest absolute Gasteiger partial charge is 0.343 e. The van der Waals surface area contributed by atoms with E-state index in [0.29, 0.717) is 23.0 Å². The van der Waals surface area contributed by atoms with Crippen molar-refractivity contribution in [3.63, 3.8) is 0 Å². The fourth-order valence-electron chi connectivity index (χ4n) is 2.59. The Morgan fingerprint density at radius 3 is 2.22 bits per heavy atom. The first-order valence-electron chi connectivity index (χ1n) is 7.97. The molecule has 1 aliphatic rings. The summed E-state index contributed by atoms with van der Waals surface area (Å²) >= 11 is 0. The second-order valence-corrected chi connectivity index (χ2v) is 5.61. The summed E-state index contributed by atoms with van der Waals surface area (Å²) in [6, 6.07) is 14.8. The quantitative estimate of drug-likeness (QED) is 0.695. The van der Waals surface area contributed by atoms with Crippen molar-refractivity contribution in [3.05, 3.63) is 72.0 Å². The van der Waals surface area contributed by atoms with Gasteiger partial charge in [-0.15, -0.1) is 0 Å². The van der Waals surface area contributed by atoms with Gasteiger partial charge in [-0.25, -0.2) is 9.18 Å². The Kier molecular flexibility index (Phi) is 4.25. The van der Waals surface area contributed by atoms with Crippen LogP contribution >= 0.6 is 0 Å². The fraction of sp³-hybridized carbons (Fsp3) is 0.0500. The zero-order valence-electron chi connectivity index (χ0n) is 13.8. The van der Waals surface area contributed by atoms with Crippen molar-refractivity contribution in [2.24, 2.45) is 0 Å². The monoisotopic (exact) mass is 368 g/mol. The van der Waals surface area contributed by atoms with Gasteiger partial charge in [0.05, 0.1) is 0 Å². The highest BCUT2D eigenvalue weighted by atomic mass is 19.1. The summed E-state index contributed by atoms with van der Waals surface area (Å²) in [5, 5.41) is 9.64. The number of rotatable bonds is 5. The molecule has 1 heterocycles. The molecule has 1 N–H and O–H groups in total. The molecule has 0 atom stereocenters. The summed E-state index contributed by atoms with van der Waals surface area (Å²) in [7, 11) is 0. The van der Waals surface area contributed by atoms with E-state index in [-0.39, 0.29) is 23.9 Å². The van der Waals surface area contributed by atoms with Crippen molar-refractivity contribution >= 4 is 5.97 Å². The van der Waals surface area contributed by atoms with Gasteiger partial charge in [-0.05, 0) is 48.5 Å². The lowest BCUT2D eigenvalue weighted by atomic mass is 10.1. The highest BCUT2D eigenvalue weighted by molar-refractivity contribution is 5.94. The summed E-state index contributed by atoms with van der Waals surface area (Å²) in [4.78, 5) is 11.8. The third kappa shape index (κ3) is 3.48. The molecular weight excluding hydrogens is 355 g/mol. The van der Waals surface area contributed by atoms with Crippen LogP contribution in [0.4, 0.5) is 4.39 Å². The molecule has 0 bridgehead atoms. The molecule has 136 valence electrons. The molecular formula is C20H13FO6. The van der Waals surface area contributed by atoms with Gasteiger partial charge in [0.15, 0.2) is 11.5 Å². The number of ether oxygens (including phenoxy) is 4. The molecule has 0 saturated heterocycles. The van der Waals surface area contributed by atoms with Crippen LogP contribution in [0.25, 0.3) is 0 Å². The average Bonchev–Trinajstić information content (AvgIpc) is 3.11. The van der Waals surface area contributed by atoms with E-state index in [9.17, 15) is 14.3 Å². The lowest BCUT2D eigenvalue weighted by molar-refractivity contribution is 0.0691.